The molecule has 7 nitrogen and oxygen atoms in total. The van der Waals surface area contributed by atoms with E-state index in [1.165, 1.54) is 24.3 Å². The summed E-state index contributed by atoms with van der Waals surface area (Å²) in [4.78, 5) is 12.4. The van der Waals surface area contributed by atoms with Gasteiger partial charge >= 0.3 is 0 Å². The van der Waals surface area contributed by atoms with Crippen LogP contribution >= 0.6 is 0 Å². The Hall–Kier alpha value is -4.30. The van der Waals surface area contributed by atoms with Gasteiger partial charge < -0.3 is 14.8 Å². The number of ether oxygens (including phenoxy) is 2. The monoisotopic (exact) mass is 502 g/mol. The van der Waals surface area contributed by atoms with E-state index in [2.05, 4.69) is 10.0 Å². The number of amides is 1. The van der Waals surface area contributed by atoms with Gasteiger partial charge in [0.15, 0.2) is 6.61 Å². The molecule has 0 heterocycles. The van der Waals surface area contributed by atoms with E-state index in [1.807, 2.05) is 56.3 Å². The van der Waals surface area contributed by atoms with Crippen LogP contribution in [0.25, 0.3) is 0 Å². The van der Waals surface area contributed by atoms with Crippen molar-refractivity contribution < 1.29 is 22.7 Å². The molecule has 184 valence electrons. The van der Waals surface area contributed by atoms with Gasteiger partial charge in [-0.3, -0.25) is 9.52 Å². The molecule has 0 radical (unpaired) electrons. The highest BCUT2D eigenvalue weighted by Crippen LogP contribution is 2.24. The standard InChI is InChI=1S/C28H26N2O5S/c1-20-8-9-21(2)27(18-20)30-36(32,33)26-16-14-23(15-17-26)34-19-28(31)29-22-10-12-25(13-11-22)35-24-6-4-3-5-7-24/h3-18,30H,19H2,1-2H3,(H,29,31). The van der Waals surface area contributed by atoms with E-state index >= 15 is 0 Å². The maximum absolute atomic E-state index is 12.7. The smallest absolute Gasteiger partial charge is 0.262 e. The molecule has 0 aromatic heterocycles. The molecular formula is C28H26N2O5S. The summed E-state index contributed by atoms with van der Waals surface area (Å²) < 4.78 is 39.4. The van der Waals surface area contributed by atoms with Gasteiger partial charge in [0.1, 0.15) is 17.2 Å². The molecule has 0 aliphatic rings. The molecule has 0 aliphatic heterocycles. The minimum atomic E-state index is -3.76. The number of rotatable bonds is 9. The van der Waals surface area contributed by atoms with Gasteiger partial charge in [-0.15, -0.1) is 0 Å². The van der Waals surface area contributed by atoms with Crippen LogP contribution in [0, 0.1) is 13.8 Å². The zero-order valence-electron chi connectivity index (χ0n) is 19.9. The van der Waals surface area contributed by atoms with Crippen LogP contribution in [0.5, 0.6) is 17.2 Å². The van der Waals surface area contributed by atoms with Crippen LogP contribution in [0.4, 0.5) is 11.4 Å². The Morgan fingerprint density at radius 2 is 1.42 bits per heavy atom. The molecule has 0 unspecified atom stereocenters. The van der Waals surface area contributed by atoms with E-state index in [-0.39, 0.29) is 17.4 Å². The van der Waals surface area contributed by atoms with Gasteiger partial charge in [0.2, 0.25) is 0 Å². The summed E-state index contributed by atoms with van der Waals surface area (Å²) in [6.07, 6.45) is 0. The summed E-state index contributed by atoms with van der Waals surface area (Å²) in [6, 6.07) is 27.9. The predicted octanol–water partition coefficient (Wildman–Crippen LogP) is 5.91. The van der Waals surface area contributed by atoms with Crippen LogP contribution in [-0.4, -0.2) is 20.9 Å². The first-order valence-corrected chi connectivity index (χ1v) is 12.7. The Kier molecular flexibility index (Phi) is 7.56. The van der Waals surface area contributed by atoms with Crippen molar-refractivity contribution in [1.29, 1.82) is 0 Å². The molecule has 8 heteroatoms. The van der Waals surface area contributed by atoms with E-state index in [4.69, 9.17) is 9.47 Å². The number of carbonyl (C=O) groups excluding carboxylic acids is 1. The van der Waals surface area contributed by atoms with Crippen LogP contribution in [0.15, 0.2) is 102 Å². The molecule has 0 fully saturated rings. The molecular weight excluding hydrogens is 476 g/mol. The second-order valence-electron chi connectivity index (χ2n) is 8.17. The number of sulfonamides is 1. The van der Waals surface area contributed by atoms with E-state index < -0.39 is 10.0 Å². The molecule has 1 amide bonds. The van der Waals surface area contributed by atoms with Crippen molar-refractivity contribution in [1.82, 2.24) is 0 Å². The number of anilines is 2. The molecule has 0 saturated carbocycles. The summed E-state index contributed by atoms with van der Waals surface area (Å²) in [5.74, 6) is 1.41. The van der Waals surface area contributed by atoms with Gasteiger partial charge in [-0.2, -0.15) is 0 Å². The van der Waals surface area contributed by atoms with Crippen LogP contribution in [-0.2, 0) is 14.8 Å². The van der Waals surface area contributed by atoms with Gasteiger partial charge in [-0.25, -0.2) is 8.42 Å². The first-order valence-electron chi connectivity index (χ1n) is 11.2. The van der Waals surface area contributed by atoms with Crippen LogP contribution < -0.4 is 19.5 Å². The molecule has 0 spiro atoms. The zero-order chi connectivity index (χ0) is 25.5. The summed E-state index contributed by atoms with van der Waals surface area (Å²) in [5.41, 5.74) is 2.92. The third kappa shape index (κ3) is 6.64. The quantitative estimate of drug-likeness (QED) is 0.297. The lowest BCUT2D eigenvalue weighted by Gasteiger charge is -2.12. The lowest BCUT2D eigenvalue weighted by molar-refractivity contribution is -0.118. The predicted molar refractivity (Wildman–Crippen MR) is 140 cm³/mol. The lowest BCUT2D eigenvalue weighted by atomic mass is 10.1. The van der Waals surface area contributed by atoms with Gasteiger partial charge in [-0.1, -0.05) is 30.3 Å². The van der Waals surface area contributed by atoms with Crippen molar-refractivity contribution in [3.63, 3.8) is 0 Å². The van der Waals surface area contributed by atoms with Crippen LogP contribution in [0.1, 0.15) is 11.1 Å². The Morgan fingerprint density at radius 1 is 0.778 bits per heavy atom. The van der Waals surface area contributed by atoms with Crippen molar-refractivity contribution in [2.45, 2.75) is 18.7 Å². The maximum atomic E-state index is 12.7. The average Bonchev–Trinajstić information content (AvgIpc) is 2.87. The largest absolute Gasteiger partial charge is 0.484 e. The van der Waals surface area contributed by atoms with Gasteiger partial charge in [-0.05, 0) is 91.7 Å². The van der Waals surface area contributed by atoms with Crippen molar-refractivity contribution in [3.05, 3.63) is 108 Å². The average molecular weight is 503 g/mol. The van der Waals surface area contributed by atoms with Crippen molar-refractivity contribution >= 4 is 27.3 Å². The van der Waals surface area contributed by atoms with Crippen molar-refractivity contribution in [2.75, 3.05) is 16.6 Å². The number of hydrogen-bond donors (Lipinski definition) is 2. The second-order valence-corrected chi connectivity index (χ2v) is 9.85. The Labute approximate surface area is 210 Å². The highest BCUT2D eigenvalue weighted by molar-refractivity contribution is 7.92. The van der Waals surface area contributed by atoms with Crippen LogP contribution in [0.3, 0.4) is 0 Å². The number of nitrogens with one attached hydrogen (secondary N) is 2. The molecule has 36 heavy (non-hydrogen) atoms. The molecule has 0 bridgehead atoms. The van der Waals surface area contributed by atoms with Crippen molar-refractivity contribution in [3.8, 4) is 17.2 Å². The van der Waals surface area contributed by atoms with E-state index in [0.717, 1.165) is 16.9 Å². The fraction of sp³-hybridized carbons (Fsp3) is 0.107. The minimum absolute atomic E-state index is 0.0954. The first-order chi connectivity index (χ1) is 17.3. The highest BCUT2D eigenvalue weighted by Gasteiger charge is 2.16. The SMILES string of the molecule is Cc1ccc(C)c(NS(=O)(=O)c2ccc(OCC(=O)Nc3ccc(Oc4ccccc4)cc3)cc2)c1. The maximum Gasteiger partial charge on any atom is 0.262 e. The fourth-order valence-electron chi connectivity index (χ4n) is 3.34. The van der Waals surface area contributed by atoms with E-state index in [9.17, 15) is 13.2 Å². The summed E-state index contributed by atoms with van der Waals surface area (Å²) in [7, 11) is -3.76. The molecule has 2 N–H and O–H groups in total. The van der Waals surface area contributed by atoms with E-state index in [1.54, 1.807) is 30.3 Å². The highest BCUT2D eigenvalue weighted by atomic mass is 32.2. The molecule has 4 aromatic rings. The molecule has 0 aliphatic carbocycles. The zero-order valence-corrected chi connectivity index (χ0v) is 20.7. The Morgan fingerprint density at radius 3 is 2.11 bits per heavy atom. The number of hydrogen-bond acceptors (Lipinski definition) is 5. The number of benzene rings is 4. The number of para-hydroxylation sites is 1. The normalized spacial score (nSPS) is 10.9. The molecule has 4 aromatic carbocycles. The van der Waals surface area contributed by atoms with Crippen molar-refractivity contribution in [2.24, 2.45) is 0 Å². The summed E-state index contributed by atoms with van der Waals surface area (Å²) >= 11 is 0. The Balaban J connectivity index is 1.29. The molecule has 0 atom stereocenters. The third-order valence-electron chi connectivity index (χ3n) is 5.26. The van der Waals surface area contributed by atoms with Gasteiger partial charge in [0, 0.05) is 5.69 Å². The topological polar surface area (TPSA) is 93.7 Å². The summed E-state index contributed by atoms with van der Waals surface area (Å²) in [6.45, 7) is 3.51. The molecule has 4 rings (SSSR count). The molecule has 0 saturated heterocycles. The third-order valence-corrected chi connectivity index (χ3v) is 6.64. The first kappa shape index (κ1) is 24.8. The number of aryl methyl sites for hydroxylation is 2. The number of carbonyl (C=O) groups is 1. The Bertz CT molecular complexity index is 1440. The fourth-order valence-corrected chi connectivity index (χ4v) is 4.46. The van der Waals surface area contributed by atoms with E-state index in [0.29, 0.717) is 22.9 Å². The second kappa shape index (κ2) is 11.0. The summed E-state index contributed by atoms with van der Waals surface area (Å²) in [5, 5.41) is 2.75. The van der Waals surface area contributed by atoms with Gasteiger partial charge in [0.25, 0.3) is 15.9 Å². The lowest BCUT2D eigenvalue weighted by Crippen LogP contribution is -2.20. The van der Waals surface area contributed by atoms with Crippen LogP contribution in [0.2, 0.25) is 0 Å². The van der Waals surface area contributed by atoms with Gasteiger partial charge in [0.05, 0.1) is 10.6 Å². The minimum Gasteiger partial charge on any atom is -0.484 e.